The van der Waals surface area contributed by atoms with Crippen molar-refractivity contribution in [1.29, 1.82) is 0 Å². The third kappa shape index (κ3) is 3.81. The number of benzene rings is 2. The van der Waals surface area contributed by atoms with E-state index in [2.05, 4.69) is 0 Å². The number of carbonyl (C=O) groups is 4. The Hall–Kier alpha value is -3.75. The van der Waals surface area contributed by atoms with Crippen molar-refractivity contribution in [2.24, 2.45) is 0 Å². The van der Waals surface area contributed by atoms with Gasteiger partial charge in [0.15, 0.2) is 5.67 Å². The van der Waals surface area contributed by atoms with Crippen LogP contribution in [0.1, 0.15) is 57.4 Å². The molecule has 0 spiro atoms. The summed E-state index contributed by atoms with van der Waals surface area (Å²) >= 11 is 0. The highest BCUT2D eigenvalue weighted by Crippen LogP contribution is 2.37. The average molecular weight is 440 g/mol. The molecule has 1 saturated heterocycles. The fourth-order valence-corrected chi connectivity index (χ4v) is 3.49. The molecule has 32 heavy (non-hydrogen) atoms. The Bertz CT molecular complexity index is 1080. The molecule has 0 aliphatic carbocycles. The average Bonchev–Trinajstić information content (AvgIpc) is 2.95. The van der Waals surface area contributed by atoms with Crippen molar-refractivity contribution in [3.63, 3.8) is 0 Å². The fourth-order valence-electron chi connectivity index (χ4n) is 3.49. The van der Waals surface area contributed by atoms with Crippen molar-refractivity contribution < 1.29 is 33.1 Å². The van der Waals surface area contributed by atoms with Gasteiger partial charge in [0.2, 0.25) is 0 Å². The summed E-state index contributed by atoms with van der Waals surface area (Å²) in [6.07, 6.45) is -0.591. The first kappa shape index (κ1) is 21.5. The van der Waals surface area contributed by atoms with Gasteiger partial charge in [-0.05, 0) is 50.6 Å². The van der Waals surface area contributed by atoms with E-state index in [1.54, 1.807) is 32.9 Å². The van der Waals surface area contributed by atoms with Gasteiger partial charge in [-0.25, -0.2) is 14.0 Å². The molecule has 166 valence electrons. The number of hydrogen-bond acceptors (Lipinski definition) is 6. The van der Waals surface area contributed by atoms with Gasteiger partial charge in [0.05, 0.1) is 29.8 Å². The lowest BCUT2D eigenvalue weighted by Gasteiger charge is -2.44. The van der Waals surface area contributed by atoms with Gasteiger partial charge in [-0.2, -0.15) is 0 Å². The first-order chi connectivity index (χ1) is 15.0. The van der Waals surface area contributed by atoms with E-state index < -0.39 is 35.1 Å². The molecule has 0 atom stereocenters. The Morgan fingerprint density at radius 2 is 1.47 bits per heavy atom. The van der Waals surface area contributed by atoms with Crippen LogP contribution in [-0.4, -0.2) is 52.5 Å². The van der Waals surface area contributed by atoms with Gasteiger partial charge >= 0.3 is 12.1 Å². The van der Waals surface area contributed by atoms with E-state index in [4.69, 9.17) is 9.57 Å². The normalized spacial score (nSPS) is 17.0. The zero-order chi connectivity index (χ0) is 23.3. The molecule has 2 aromatic rings. The zero-order valence-corrected chi connectivity index (χ0v) is 17.8. The first-order valence-corrected chi connectivity index (χ1v) is 9.96. The van der Waals surface area contributed by atoms with E-state index in [0.717, 1.165) is 0 Å². The number of likely N-dealkylation sites (tertiary alicyclic amines) is 1. The van der Waals surface area contributed by atoms with Gasteiger partial charge in [0.25, 0.3) is 11.8 Å². The minimum absolute atomic E-state index is 0.0391. The van der Waals surface area contributed by atoms with E-state index in [-0.39, 0.29) is 35.3 Å². The molecular formula is C23H21FN2O6. The predicted molar refractivity (Wildman–Crippen MR) is 109 cm³/mol. The Labute approximate surface area is 183 Å². The van der Waals surface area contributed by atoms with Crippen molar-refractivity contribution in [2.45, 2.75) is 32.0 Å². The summed E-state index contributed by atoms with van der Waals surface area (Å²) in [5.41, 5.74) is -1.81. The maximum absolute atomic E-state index is 15.1. The molecule has 0 bridgehead atoms. The Morgan fingerprint density at radius 1 is 0.938 bits per heavy atom. The summed E-state index contributed by atoms with van der Waals surface area (Å²) < 4.78 is 20.4. The lowest BCUT2D eigenvalue weighted by Crippen LogP contribution is -2.59. The second kappa shape index (κ2) is 7.44. The molecule has 3 amide bonds. The van der Waals surface area contributed by atoms with Crippen LogP contribution >= 0.6 is 0 Å². The van der Waals surface area contributed by atoms with Gasteiger partial charge in [0.1, 0.15) is 5.60 Å². The molecule has 4 rings (SSSR count). The maximum atomic E-state index is 15.1. The zero-order valence-electron chi connectivity index (χ0n) is 17.8. The van der Waals surface area contributed by atoms with Crippen molar-refractivity contribution >= 4 is 23.9 Å². The van der Waals surface area contributed by atoms with Crippen LogP contribution in [0, 0.1) is 0 Å². The number of nitrogens with zero attached hydrogens (tertiary/aromatic N) is 2. The van der Waals surface area contributed by atoms with E-state index in [9.17, 15) is 19.2 Å². The number of amides is 3. The molecule has 2 heterocycles. The van der Waals surface area contributed by atoms with Crippen molar-refractivity contribution in [3.05, 3.63) is 70.8 Å². The fraction of sp³-hybridized carbons (Fsp3) is 0.304. The molecule has 0 unspecified atom stereocenters. The van der Waals surface area contributed by atoms with Gasteiger partial charge in [-0.3, -0.25) is 9.59 Å². The molecule has 8 nitrogen and oxygen atoms in total. The summed E-state index contributed by atoms with van der Waals surface area (Å²) in [6.45, 7) is 4.86. The van der Waals surface area contributed by atoms with E-state index in [0.29, 0.717) is 5.06 Å². The number of imide groups is 1. The molecule has 0 aromatic heterocycles. The molecule has 1 fully saturated rings. The van der Waals surface area contributed by atoms with Crippen LogP contribution in [0.25, 0.3) is 0 Å². The van der Waals surface area contributed by atoms with Gasteiger partial charge in [0, 0.05) is 0 Å². The molecule has 2 aliphatic rings. The quantitative estimate of drug-likeness (QED) is 0.679. The second-order valence-electron chi connectivity index (χ2n) is 8.71. The Balaban J connectivity index is 1.39. The number of hydroxylamine groups is 2. The molecule has 9 heteroatoms. The molecule has 2 aliphatic heterocycles. The number of rotatable bonds is 3. The first-order valence-electron chi connectivity index (χ1n) is 9.96. The van der Waals surface area contributed by atoms with E-state index in [1.165, 1.54) is 41.3 Å². The lowest BCUT2D eigenvalue weighted by molar-refractivity contribution is -0.0585. The number of carbonyl (C=O) groups excluding carboxylic acids is 4. The van der Waals surface area contributed by atoms with Crippen LogP contribution in [0.5, 0.6) is 0 Å². The third-order valence-electron chi connectivity index (χ3n) is 5.10. The van der Waals surface area contributed by atoms with Crippen LogP contribution in [-0.2, 0) is 15.2 Å². The SMILES string of the molecule is CC(C)(C)OC(=O)N1CC(F)(c2ccc(C(=O)ON3C(=O)c4ccccc4C3=O)cc2)C1. The van der Waals surface area contributed by atoms with Crippen molar-refractivity contribution in [1.82, 2.24) is 9.96 Å². The van der Waals surface area contributed by atoms with Crippen molar-refractivity contribution in [3.8, 4) is 0 Å². The van der Waals surface area contributed by atoms with Gasteiger partial charge < -0.3 is 14.5 Å². The number of alkyl halides is 1. The van der Waals surface area contributed by atoms with E-state index in [1.807, 2.05) is 0 Å². The van der Waals surface area contributed by atoms with Crippen LogP contribution in [0.15, 0.2) is 48.5 Å². The minimum Gasteiger partial charge on any atom is -0.444 e. The number of fused-ring (bicyclic) bond motifs is 1. The predicted octanol–water partition coefficient (Wildman–Crippen LogP) is 3.47. The Kier molecular flexibility index (Phi) is 4.99. The third-order valence-corrected chi connectivity index (χ3v) is 5.10. The molecule has 0 saturated carbocycles. The lowest BCUT2D eigenvalue weighted by atomic mass is 9.88. The van der Waals surface area contributed by atoms with Crippen molar-refractivity contribution in [2.75, 3.05) is 13.1 Å². The number of hydrogen-bond donors (Lipinski definition) is 0. The standard InChI is InChI=1S/C23H21FN2O6/c1-22(2,3)31-21(30)25-12-23(24,13-25)15-10-8-14(9-11-15)20(29)32-26-18(27)16-6-4-5-7-17(16)19(26)28/h4-11H,12-13H2,1-3H3. The summed E-state index contributed by atoms with van der Waals surface area (Å²) in [4.78, 5) is 55.3. The smallest absolute Gasteiger partial charge is 0.410 e. The van der Waals surface area contributed by atoms with Crippen LogP contribution in [0.2, 0.25) is 0 Å². The summed E-state index contributed by atoms with van der Waals surface area (Å²) in [6, 6.07) is 11.6. The summed E-state index contributed by atoms with van der Waals surface area (Å²) in [5, 5.41) is 0.419. The monoisotopic (exact) mass is 440 g/mol. The minimum atomic E-state index is -1.76. The largest absolute Gasteiger partial charge is 0.444 e. The van der Waals surface area contributed by atoms with Gasteiger partial charge in [-0.1, -0.05) is 29.3 Å². The molecule has 0 radical (unpaired) electrons. The molecular weight excluding hydrogens is 419 g/mol. The highest BCUT2D eigenvalue weighted by atomic mass is 19.1. The van der Waals surface area contributed by atoms with Crippen LogP contribution in [0.3, 0.4) is 0 Å². The topological polar surface area (TPSA) is 93.2 Å². The number of ether oxygens (including phenoxy) is 1. The van der Waals surface area contributed by atoms with Gasteiger partial charge in [-0.15, -0.1) is 0 Å². The maximum Gasteiger partial charge on any atom is 0.410 e. The summed E-state index contributed by atoms with van der Waals surface area (Å²) in [5.74, 6) is -2.38. The van der Waals surface area contributed by atoms with Crippen LogP contribution in [0.4, 0.5) is 9.18 Å². The highest BCUT2D eigenvalue weighted by Gasteiger charge is 2.48. The summed E-state index contributed by atoms with van der Waals surface area (Å²) in [7, 11) is 0. The highest BCUT2D eigenvalue weighted by molar-refractivity contribution is 6.21. The molecule has 0 N–H and O–H groups in total. The van der Waals surface area contributed by atoms with E-state index >= 15 is 4.39 Å². The second-order valence-corrected chi connectivity index (χ2v) is 8.71. The van der Waals surface area contributed by atoms with Crippen LogP contribution < -0.4 is 0 Å². The Morgan fingerprint density at radius 3 is 1.97 bits per heavy atom. The number of halogens is 1. The molecule has 2 aromatic carbocycles.